The van der Waals surface area contributed by atoms with Crippen LogP contribution in [-0.4, -0.2) is 36.1 Å². The fourth-order valence-electron chi connectivity index (χ4n) is 0.394. The second-order valence-corrected chi connectivity index (χ2v) is 2.40. The topological polar surface area (TPSA) is 40.5 Å². The fourth-order valence-corrected chi connectivity index (χ4v) is 0.394. The second-order valence-electron chi connectivity index (χ2n) is 2.40. The Kier molecular flexibility index (Phi) is 3.72. The van der Waals surface area contributed by atoms with E-state index in [1.807, 2.05) is 25.9 Å². The molecule has 0 aromatic heterocycles. The lowest BCUT2D eigenvalue weighted by Gasteiger charge is -2.14. The average molecular weight is 143 g/mol. The number of rotatable bonds is 3. The maximum absolute atomic E-state index is 10.0. The van der Waals surface area contributed by atoms with Gasteiger partial charge in [-0.2, -0.15) is 0 Å². The summed E-state index contributed by atoms with van der Waals surface area (Å²) in [6.45, 7) is 1.93. The molecular weight excluding hydrogens is 130 g/mol. The molecule has 0 unspecified atom stereocenters. The minimum atomic E-state index is -0.895. The summed E-state index contributed by atoms with van der Waals surface area (Å²) >= 11 is 0. The maximum atomic E-state index is 10.0. The zero-order valence-corrected chi connectivity index (χ0v) is 6.53. The summed E-state index contributed by atoms with van der Waals surface area (Å²) in [4.78, 5) is 12.0. The summed E-state index contributed by atoms with van der Waals surface area (Å²) in [5.74, 6) is -0.895. The lowest BCUT2D eigenvalue weighted by molar-refractivity contribution is -0.131. The quantitative estimate of drug-likeness (QED) is 0.587. The monoisotopic (exact) mass is 143 g/mol. The highest BCUT2D eigenvalue weighted by Crippen LogP contribution is 1.92. The largest absolute Gasteiger partial charge is 0.478 e. The molecule has 0 heterocycles. The van der Waals surface area contributed by atoms with Gasteiger partial charge in [-0.15, -0.1) is 0 Å². The molecule has 0 saturated carbocycles. The first kappa shape index (κ1) is 9.17. The minimum Gasteiger partial charge on any atom is -0.478 e. The van der Waals surface area contributed by atoms with Gasteiger partial charge in [-0.1, -0.05) is 6.08 Å². The molecule has 0 fully saturated rings. The molecule has 0 aliphatic carbocycles. The van der Waals surface area contributed by atoms with Crippen LogP contribution in [0.15, 0.2) is 12.2 Å². The van der Waals surface area contributed by atoms with Gasteiger partial charge in [-0.3, -0.25) is 0 Å². The zero-order valence-electron chi connectivity index (χ0n) is 6.53. The highest BCUT2D eigenvalue weighted by atomic mass is 16.4. The van der Waals surface area contributed by atoms with Gasteiger partial charge in [0, 0.05) is 12.1 Å². The second kappa shape index (κ2) is 4.06. The van der Waals surface area contributed by atoms with Crippen molar-refractivity contribution in [1.29, 1.82) is 0 Å². The number of hydrogen-bond donors (Lipinski definition) is 1. The molecule has 0 radical (unpaired) electrons. The Bertz CT molecular complexity index is 141. The van der Waals surface area contributed by atoms with Crippen LogP contribution in [0.2, 0.25) is 0 Å². The van der Waals surface area contributed by atoms with Gasteiger partial charge in [0.15, 0.2) is 0 Å². The summed E-state index contributed by atoms with van der Waals surface area (Å²) in [6.07, 6.45) is 2.80. The van der Waals surface area contributed by atoms with Gasteiger partial charge in [-0.25, -0.2) is 4.79 Å². The van der Waals surface area contributed by atoms with E-state index in [0.717, 1.165) is 6.08 Å². The van der Waals surface area contributed by atoms with E-state index in [2.05, 4.69) is 0 Å². The molecule has 0 bridgehead atoms. The van der Waals surface area contributed by atoms with Crippen LogP contribution >= 0.6 is 0 Å². The zero-order chi connectivity index (χ0) is 8.15. The van der Waals surface area contributed by atoms with Gasteiger partial charge in [0.25, 0.3) is 0 Å². The molecule has 0 spiro atoms. The molecule has 0 amide bonds. The molecule has 3 heteroatoms. The lowest BCUT2D eigenvalue weighted by atomic mass is 10.3. The smallest absolute Gasteiger partial charge is 0.328 e. The third-order valence-electron chi connectivity index (χ3n) is 1.33. The first-order valence-corrected chi connectivity index (χ1v) is 3.11. The van der Waals surface area contributed by atoms with Crippen LogP contribution in [0.1, 0.15) is 6.92 Å². The molecular formula is C7H13NO2. The van der Waals surface area contributed by atoms with Crippen LogP contribution in [0.25, 0.3) is 0 Å². The van der Waals surface area contributed by atoms with Crippen LogP contribution in [-0.2, 0) is 4.79 Å². The van der Waals surface area contributed by atoms with Crippen molar-refractivity contribution in [2.24, 2.45) is 0 Å². The van der Waals surface area contributed by atoms with Crippen LogP contribution in [0.5, 0.6) is 0 Å². The van der Waals surface area contributed by atoms with Gasteiger partial charge < -0.3 is 10.0 Å². The minimum absolute atomic E-state index is 0.177. The van der Waals surface area contributed by atoms with Gasteiger partial charge >= 0.3 is 5.97 Å². The third-order valence-corrected chi connectivity index (χ3v) is 1.33. The summed E-state index contributed by atoms with van der Waals surface area (Å²) in [7, 11) is 3.80. The van der Waals surface area contributed by atoms with E-state index in [1.54, 1.807) is 6.08 Å². The molecule has 0 aromatic carbocycles. The Balaban J connectivity index is 3.77. The Morgan fingerprint density at radius 3 is 2.40 bits per heavy atom. The Hall–Kier alpha value is -0.830. The fraction of sp³-hybridized carbons (Fsp3) is 0.571. The van der Waals surface area contributed by atoms with Crippen molar-refractivity contribution in [1.82, 2.24) is 4.90 Å². The average Bonchev–Trinajstić information content (AvgIpc) is 1.82. The molecule has 3 nitrogen and oxygen atoms in total. The van der Waals surface area contributed by atoms with E-state index >= 15 is 0 Å². The predicted molar refractivity (Wildman–Crippen MR) is 39.9 cm³/mol. The van der Waals surface area contributed by atoms with Crippen LogP contribution in [0.4, 0.5) is 0 Å². The summed E-state index contributed by atoms with van der Waals surface area (Å²) in [6, 6.07) is 0.177. The van der Waals surface area contributed by atoms with Crippen molar-refractivity contribution in [3.8, 4) is 0 Å². The molecule has 58 valence electrons. The van der Waals surface area contributed by atoms with E-state index in [1.165, 1.54) is 0 Å². The summed E-state index contributed by atoms with van der Waals surface area (Å²) < 4.78 is 0. The number of nitrogens with zero attached hydrogens (tertiary/aromatic N) is 1. The Labute approximate surface area is 61.0 Å². The van der Waals surface area contributed by atoms with Gasteiger partial charge in [-0.05, 0) is 21.0 Å². The Morgan fingerprint density at radius 1 is 1.60 bits per heavy atom. The number of hydrogen-bond acceptors (Lipinski definition) is 2. The van der Waals surface area contributed by atoms with Crippen LogP contribution in [0, 0.1) is 0 Å². The molecule has 10 heavy (non-hydrogen) atoms. The maximum Gasteiger partial charge on any atom is 0.328 e. The standard InChI is InChI=1S/C7H13NO2/c1-6(8(2)3)4-5-7(9)10/h4-6H,1-3H3,(H,9,10)/b5-4+/t6-/m0/s1. The third kappa shape index (κ3) is 4.09. The van der Waals surface area contributed by atoms with E-state index < -0.39 is 5.97 Å². The number of aliphatic carboxylic acids is 1. The molecule has 1 N–H and O–H groups in total. The normalized spacial score (nSPS) is 14.4. The first-order chi connectivity index (χ1) is 4.54. The van der Waals surface area contributed by atoms with Crippen LogP contribution < -0.4 is 0 Å². The van der Waals surface area contributed by atoms with Crippen molar-refractivity contribution < 1.29 is 9.90 Å². The molecule has 1 atom stereocenters. The molecule has 0 saturated heterocycles. The van der Waals surface area contributed by atoms with Gasteiger partial charge in [0.05, 0.1) is 0 Å². The number of carbonyl (C=O) groups is 1. The highest BCUT2D eigenvalue weighted by molar-refractivity contribution is 5.79. The van der Waals surface area contributed by atoms with Crippen molar-refractivity contribution in [2.45, 2.75) is 13.0 Å². The highest BCUT2D eigenvalue weighted by Gasteiger charge is 1.98. The molecule has 0 aromatic rings. The number of carboxylic acid groups (broad SMARTS) is 1. The van der Waals surface area contributed by atoms with E-state index in [-0.39, 0.29) is 6.04 Å². The SMILES string of the molecule is C[C@@H](/C=C/C(=O)O)N(C)C. The van der Waals surface area contributed by atoms with E-state index in [0.29, 0.717) is 0 Å². The Morgan fingerprint density at radius 2 is 2.10 bits per heavy atom. The summed E-state index contributed by atoms with van der Waals surface area (Å²) in [5, 5.41) is 8.24. The van der Waals surface area contributed by atoms with E-state index in [9.17, 15) is 4.79 Å². The first-order valence-electron chi connectivity index (χ1n) is 3.11. The van der Waals surface area contributed by atoms with Crippen molar-refractivity contribution in [3.63, 3.8) is 0 Å². The van der Waals surface area contributed by atoms with Crippen molar-refractivity contribution in [3.05, 3.63) is 12.2 Å². The molecule has 0 aliphatic rings. The predicted octanol–water partition coefficient (Wildman–Crippen LogP) is 0.577. The van der Waals surface area contributed by atoms with E-state index in [4.69, 9.17) is 5.11 Å². The molecule has 0 rings (SSSR count). The van der Waals surface area contributed by atoms with Crippen LogP contribution in [0.3, 0.4) is 0 Å². The van der Waals surface area contributed by atoms with Crippen molar-refractivity contribution >= 4 is 5.97 Å². The number of carboxylic acids is 1. The molecule has 0 aliphatic heterocycles. The van der Waals surface area contributed by atoms with Gasteiger partial charge in [0.2, 0.25) is 0 Å². The summed E-state index contributed by atoms with van der Waals surface area (Å²) in [5.41, 5.74) is 0. The van der Waals surface area contributed by atoms with Crippen molar-refractivity contribution in [2.75, 3.05) is 14.1 Å². The number of likely N-dealkylation sites (N-methyl/N-ethyl adjacent to an activating group) is 1. The lowest BCUT2D eigenvalue weighted by Crippen LogP contribution is -2.22. The van der Waals surface area contributed by atoms with Gasteiger partial charge in [0.1, 0.15) is 0 Å².